The van der Waals surface area contributed by atoms with Gasteiger partial charge in [0.1, 0.15) is 0 Å². The van der Waals surface area contributed by atoms with Gasteiger partial charge in [0.25, 0.3) is 5.69 Å². The SMILES string of the molecule is O=C(CSc1ccc([N+](=O)[O-])cc1)NCC(=O)Nc1ccc(F)c(F)c1F. The zero-order valence-electron chi connectivity index (χ0n) is 13.5. The van der Waals surface area contributed by atoms with Crippen molar-refractivity contribution >= 4 is 35.0 Å². The highest BCUT2D eigenvalue weighted by Crippen LogP contribution is 2.21. The van der Waals surface area contributed by atoms with Gasteiger partial charge in [0.05, 0.1) is 22.9 Å². The average molecular weight is 399 g/mol. The summed E-state index contributed by atoms with van der Waals surface area (Å²) in [6.45, 7) is -0.502. The van der Waals surface area contributed by atoms with E-state index >= 15 is 0 Å². The highest BCUT2D eigenvalue weighted by atomic mass is 32.2. The van der Waals surface area contributed by atoms with E-state index in [1.807, 2.05) is 5.32 Å². The summed E-state index contributed by atoms with van der Waals surface area (Å²) in [4.78, 5) is 34.0. The van der Waals surface area contributed by atoms with Crippen LogP contribution in [0.5, 0.6) is 0 Å². The highest BCUT2D eigenvalue weighted by molar-refractivity contribution is 8.00. The van der Waals surface area contributed by atoms with E-state index in [1.165, 1.54) is 24.3 Å². The van der Waals surface area contributed by atoms with Crippen molar-refractivity contribution in [2.45, 2.75) is 4.90 Å². The number of hydrogen-bond donors (Lipinski definition) is 2. The highest BCUT2D eigenvalue weighted by Gasteiger charge is 2.15. The lowest BCUT2D eigenvalue weighted by molar-refractivity contribution is -0.384. The first-order valence-corrected chi connectivity index (χ1v) is 8.34. The molecule has 0 bridgehead atoms. The quantitative estimate of drug-likeness (QED) is 0.323. The minimum absolute atomic E-state index is 0.0649. The van der Waals surface area contributed by atoms with Crippen LogP contribution in [-0.2, 0) is 9.59 Å². The number of non-ortho nitro benzene ring substituents is 1. The summed E-state index contributed by atoms with van der Waals surface area (Å²) >= 11 is 1.09. The van der Waals surface area contributed by atoms with Gasteiger partial charge >= 0.3 is 0 Å². The third kappa shape index (κ3) is 5.71. The van der Waals surface area contributed by atoms with Crippen LogP contribution >= 0.6 is 11.8 Å². The molecule has 0 heterocycles. The molecule has 0 aliphatic heterocycles. The molecule has 2 amide bonds. The Hall–Kier alpha value is -3.08. The van der Waals surface area contributed by atoms with E-state index in [9.17, 15) is 32.9 Å². The van der Waals surface area contributed by atoms with Crippen molar-refractivity contribution in [1.29, 1.82) is 0 Å². The first-order chi connectivity index (χ1) is 12.8. The minimum atomic E-state index is -1.71. The molecule has 0 aromatic heterocycles. The maximum absolute atomic E-state index is 13.4. The topological polar surface area (TPSA) is 101 Å². The number of nitro benzene ring substituents is 1. The molecule has 0 radical (unpaired) electrons. The lowest BCUT2D eigenvalue weighted by Crippen LogP contribution is -2.34. The van der Waals surface area contributed by atoms with E-state index in [0.717, 1.165) is 17.8 Å². The first kappa shape index (κ1) is 20.2. The molecule has 27 heavy (non-hydrogen) atoms. The summed E-state index contributed by atoms with van der Waals surface area (Å²) in [5, 5.41) is 14.8. The van der Waals surface area contributed by atoms with Crippen LogP contribution in [0.25, 0.3) is 0 Å². The number of carbonyl (C=O) groups excluding carboxylic acids is 2. The molecular weight excluding hydrogens is 387 g/mol. The molecule has 0 unspecified atom stereocenters. The predicted octanol–water partition coefficient (Wildman–Crippen LogP) is 2.86. The van der Waals surface area contributed by atoms with E-state index in [2.05, 4.69) is 5.32 Å². The van der Waals surface area contributed by atoms with Crippen LogP contribution in [-0.4, -0.2) is 29.0 Å². The Bertz CT molecular complexity index is 878. The fourth-order valence-electron chi connectivity index (χ4n) is 1.86. The molecule has 142 valence electrons. The standard InChI is InChI=1S/C16H12F3N3O4S/c17-11-5-6-12(16(19)15(11)18)21-13(23)7-20-14(24)8-27-10-3-1-9(2-4-10)22(25)26/h1-6H,7-8H2,(H,20,24)(H,21,23). The Kier molecular flexibility index (Phi) is 6.77. The van der Waals surface area contributed by atoms with Gasteiger partial charge in [-0.25, -0.2) is 13.2 Å². The Morgan fingerprint density at radius 3 is 2.30 bits per heavy atom. The number of carbonyl (C=O) groups is 2. The number of nitro groups is 1. The summed E-state index contributed by atoms with van der Waals surface area (Å²) in [5.41, 5.74) is -0.627. The second-order valence-electron chi connectivity index (χ2n) is 5.09. The lowest BCUT2D eigenvalue weighted by atomic mass is 10.2. The molecule has 7 nitrogen and oxygen atoms in total. The van der Waals surface area contributed by atoms with Gasteiger partial charge in [-0.05, 0) is 24.3 Å². The average Bonchev–Trinajstić information content (AvgIpc) is 2.65. The van der Waals surface area contributed by atoms with Gasteiger partial charge in [0.2, 0.25) is 11.8 Å². The molecule has 2 rings (SSSR count). The summed E-state index contributed by atoms with van der Waals surface area (Å²) in [7, 11) is 0. The van der Waals surface area contributed by atoms with Crippen LogP contribution in [0.15, 0.2) is 41.3 Å². The van der Waals surface area contributed by atoms with Gasteiger partial charge in [-0.2, -0.15) is 0 Å². The minimum Gasteiger partial charge on any atom is -0.346 e. The third-order valence-electron chi connectivity index (χ3n) is 3.17. The number of hydrogen-bond acceptors (Lipinski definition) is 5. The smallest absolute Gasteiger partial charge is 0.269 e. The van der Waals surface area contributed by atoms with E-state index in [0.29, 0.717) is 11.0 Å². The maximum atomic E-state index is 13.4. The zero-order valence-corrected chi connectivity index (χ0v) is 14.3. The molecule has 0 fully saturated rings. The molecule has 11 heteroatoms. The predicted molar refractivity (Wildman–Crippen MR) is 91.8 cm³/mol. The summed E-state index contributed by atoms with van der Waals surface area (Å²) in [5.74, 6) is -6.04. The second kappa shape index (κ2) is 9.03. The molecule has 0 saturated carbocycles. The molecule has 0 saturated heterocycles. The van der Waals surface area contributed by atoms with Crippen molar-refractivity contribution in [3.05, 3.63) is 64.0 Å². The monoisotopic (exact) mass is 399 g/mol. The van der Waals surface area contributed by atoms with E-state index in [4.69, 9.17) is 0 Å². The number of thioether (sulfide) groups is 1. The Morgan fingerprint density at radius 2 is 1.67 bits per heavy atom. The number of amides is 2. The molecule has 2 N–H and O–H groups in total. The first-order valence-electron chi connectivity index (χ1n) is 7.35. The van der Waals surface area contributed by atoms with Crippen LogP contribution < -0.4 is 10.6 Å². The maximum Gasteiger partial charge on any atom is 0.269 e. The number of nitrogens with zero attached hydrogens (tertiary/aromatic N) is 1. The Morgan fingerprint density at radius 1 is 1.00 bits per heavy atom. The van der Waals surface area contributed by atoms with E-state index < -0.39 is 46.4 Å². The van der Waals surface area contributed by atoms with Gasteiger partial charge in [-0.3, -0.25) is 19.7 Å². The van der Waals surface area contributed by atoms with Gasteiger partial charge < -0.3 is 10.6 Å². The zero-order chi connectivity index (χ0) is 20.0. The number of nitrogens with one attached hydrogen (secondary N) is 2. The Labute approximate surface area is 155 Å². The summed E-state index contributed by atoms with van der Waals surface area (Å²) in [6, 6.07) is 7.07. The van der Waals surface area contributed by atoms with Crippen molar-refractivity contribution in [3.8, 4) is 0 Å². The van der Waals surface area contributed by atoms with E-state index in [-0.39, 0.29) is 11.4 Å². The molecule has 2 aromatic rings. The fraction of sp³-hybridized carbons (Fsp3) is 0.125. The molecule has 0 aliphatic carbocycles. The fourth-order valence-corrected chi connectivity index (χ4v) is 2.59. The van der Waals surface area contributed by atoms with Crippen molar-refractivity contribution < 1.29 is 27.7 Å². The number of anilines is 1. The molecule has 2 aromatic carbocycles. The van der Waals surface area contributed by atoms with Gasteiger partial charge in [0.15, 0.2) is 17.5 Å². The normalized spacial score (nSPS) is 10.3. The van der Waals surface area contributed by atoms with E-state index in [1.54, 1.807) is 0 Å². The van der Waals surface area contributed by atoms with Crippen molar-refractivity contribution in [2.24, 2.45) is 0 Å². The van der Waals surface area contributed by atoms with Crippen molar-refractivity contribution in [1.82, 2.24) is 5.32 Å². The molecular formula is C16H12F3N3O4S. The van der Waals surface area contributed by atoms with Crippen LogP contribution in [0.1, 0.15) is 0 Å². The summed E-state index contributed by atoms with van der Waals surface area (Å²) in [6.07, 6.45) is 0. The van der Waals surface area contributed by atoms with Gasteiger partial charge in [-0.1, -0.05) is 0 Å². The van der Waals surface area contributed by atoms with Crippen LogP contribution in [0.3, 0.4) is 0 Å². The number of halogens is 3. The molecule has 0 aliphatic rings. The second-order valence-corrected chi connectivity index (χ2v) is 6.14. The third-order valence-corrected chi connectivity index (χ3v) is 4.18. The van der Waals surface area contributed by atoms with Crippen LogP contribution in [0, 0.1) is 27.6 Å². The molecule has 0 atom stereocenters. The van der Waals surface area contributed by atoms with Gasteiger partial charge in [0, 0.05) is 17.0 Å². The van der Waals surface area contributed by atoms with Crippen molar-refractivity contribution in [2.75, 3.05) is 17.6 Å². The summed E-state index contributed by atoms with van der Waals surface area (Å²) < 4.78 is 39.3. The Balaban J connectivity index is 1.79. The molecule has 0 spiro atoms. The number of rotatable bonds is 7. The van der Waals surface area contributed by atoms with Gasteiger partial charge in [-0.15, -0.1) is 11.8 Å². The van der Waals surface area contributed by atoms with Crippen LogP contribution in [0.4, 0.5) is 24.5 Å². The van der Waals surface area contributed by atoms with Crippen LogP contribution in [0.2, 0.25) is 0 Å². The lowest BCUT2D eigenvalue weighted by Gasteiger charge is -2.08. The largest absolute Gasteiger partial charge is 0.346 e. The van der Waals surface area contributed by atoms with Crippen molar-refractivity contribution in [3.63, 3.8) is 0 Å². The number of benzene rings is 2.